The van der Waals surface area contributed by atoms with Gasteiger partial charge in [-0.2, -0.15) is 0 Å². The molecule has 0 aliphatic rings. The van der Waals surface area contributed by atoms with Gasteiger partial charge in [0, 0.05) is 5.69 Å². The molecule has 1 aromatic rings. The van der Waals surface area contributed by atoms with Crippen molar-refractivity contribution in [3.8, 4) is 0 Å². The van der Waals surface area contributed by atoms with E-state index in [9.17, 15) is 4.79 Å². The van der Waals surface area contributed by atoms with E-state index in [0.717, 1.165) is 17.7 Å². The van der Waals surface area contributed by atoms with Crippen molar-refractivity contribution in [2.75, 3.05) is 5.32 Å². The molecule has 0 aliphatic carbocycles. The normalized spacial score (nSPS) is 11.8. The average Bonchev–Trinajstić information content (AvgIpc) is 2.21. The lowest BCUT2D eigenvalue weighted by Crippen LogP contribution is -2.25. The summed E-state index contributed by atoms with van der Waals surface area (Å²) >= 11 is 0. The van der Waals surface area contributed by atoms with Crippen molar-refractivity contribution >= 4 is 11.7 Å². The quantitative estimate of drug-likeness (QED) is 0.725. The lowest BCUT2D eigenvalue weighted by Gasteiger charge is -2.13. The highest BCUT2D eigenvalue weighted by Gasteiger charge is 2.11. The average molecular weight is 205 g/mol. The first-order chi connectivity index (χ1) is 7.15. The van der Waals surface area contributed by atoms with Gasteiger partial charge in [-0.05, 0) is 25.0 Å². The molecule has 0 radical (unpaired) electrons. The molecule has 1 aromatic carbocycles. The van der Waals surface area contributed by atoms with Crippen molar-refractivity contribution in [1.29, 1.82) is 0 Å². The molecule has 0 bridgehead atoms. The third-order valence-electron chi connectivity index (χ3n) is 2.12. The molecule has 0 unspecified atom stereocenters. The molecular weight excluding hydrogens is 190 g/mol. The van der Waals surface area contributed by atoms with Crippen molar-refractivity contribution < 1.29 is 9.90 Å². The first kappa shape index (κ1) is 11.3. The van der Waals surface area contributed by atoms with Crippen molar-refractivity contribution in [3.63, 3.8) is 0 Å². The van der Waals surface area contributed by atoms with Gasteiger partial charge in [0.15, 0.2) is 0 Å². The fraction of sp³-hybridized carbons (Fsp3) is 0.250. The second-order valence-electron chi connectivity index (χ2n) is 3.35. The van der Waals surface area contributed by atoms with Gasteiger partial charge < -0.3 is 10.4 Å². The minimum Gasteiger partial charge on any atom is -0.480 e. The standard InChI is InChI=1S/C12H15NO2/c1-3-6-10-7-4-5-8-11(10)13-9(2)12(14)15/h3-5,7-9,13H,1,6H2,2H3,(H,14,15)/t9-/m0/s1. The Kier molecular flexibility index (Phi) is 3.92. The number of anilines is 1. The lowest BCUT2D eigenvalue weighted by atomic mass is 10.1. The van der Waals surface area contributed by atoms with Crippen molar-refractivity contribution in [1.82, 2.24) is 0 Å². The number of para-hydroxylation sites is 1. The molecule has 80 valence electrons. The van der Waals surface area contributed by atoms with E-state index in [0.29, 0.717) is 0 Å². The predicted molar refractivity (Wildman–Crippen MR) is 61.1 cm³/mol. The Morgan fingerprint density at radius 1 is 1.60 bits per heavy atom. The topological polar surface area (TPSA) is 49.3 Å². The van der Waals surface area contributed by atoms with Gasteiger partial charge in [0.05, 0.1) is 0 Å². The number of rotatable bonds is 5. The SMILES string of the molecule is C=CCc1ccccc1N[C@@H](C)C(=O)O. The summed E-state index contributed by atoms with van der Waals surface area (Å²) in [6.45, 7) is 5.29. The van der Waals surface area contributed by atoms with Crippen LogP contribution in [0.4, 0.5) is 5.69 Å². The summed E-state index contributed by atoms with van der Waals surface area (Å²) in [5, 5.41) is 11.7. The maximum Gasteiger partial charge on any atom is 0.325 e. The molecule has 2 N–H and O–H groups in total. The van der Waals surface area contributed by atoms with Crippen LogP contribution in [0.25, 0.3) is 0 Å². The molecule has 0 spiro atoms. The van der Waals surface area contributed by atoms with E-state index < -0.39 is 12.0 Å². The highest BCUT2D eigenvalue weighted by Crippen LogP contribution is 2.16. The number of carbonyl (C=O) groups is 1. The number of nitrogens with one attached hydrogen (secondary N) is 1. The van der Waals surface area contributed by atoms with Crippen LogP contribution in [0.1, 0.15) is 12.5 Å². The molecule has 0 aromatic heterocycles. The monoisotopic (exact) mass is 205 g/mol. The number of aliphatic carboxylic acids is 1. The number of allylic oxidation sites excluding steroid dienone is 1. The van der Waals surface area contributed by atoms with E-state index in [4.69, 9.17) is 5.11 Å². The molecular formula is C12H15NO2. The van der Waals surface area contributed by atoms with E-state index in [-0.39, 0.29) is 0 Å². The largest absolute Gasteiger partial charge is 0.480 e. The fourth-order valence-corrected chi connectivity index (χ4v) is 1.29. The zero-order valence-electron chi connectivity index (χ0n) is 8.73. The molecule has 0 amide bonds. The van der Waals surface area contributed by atoms with Crippen LogP contribution in [-0.4, -0.2) is 17.1 Å². The van der Waals surface area contributed by atoms with Gasteiger partial charge >= 0.3 is 5.97 Å². The van der Waals surface area contributed by atoms with Crippen molar-refractivity contribution in [3.05, 3.63) is 42.5 Å². The van der Waals surface area contributed by atoms with Gasteiger partial charge in [-0.1, -0.05) is 24.3 Å². The molecule has 0 saturated heterocycles. The third kappa shape index (κ3) is 3.13. The van der Waals surface area contributed by atoms with Gasteiger partial charge in [0.2, 0.25) is 0 Å². The summed E-state index contributed by atoms with van der Waals surface area (Å²) < 4.78 is 0. The van der Waals surface area contributed by atoms with Gasteiger partial charge in [0.25, 0.3) is 0 Å². The maximum atomic E-state index is 10.7. The maximum absolute atomic E-state index is 10.7. The van der Waals surface area contributed by atoms with Crippen LogP contribution >= 0.6 is 0 Å². The van der Waals surface area contributed by atoms with E-state index in [1.165, 1.54) is 0 Å². The first-order valence-electron chi connectivity index (χ1n) is 4.83. The fourth-order valence-electron chi connectivity index (χ4n) is 1.29. The highest BCUT2D eigenvalue weighted by molar-refractivity contribution is 5.77. The van der Waals surface area contributed by atoms with Gasteiger partial charge in [-0.25, -0.2) is 0 Å². The number of hydrogen-bond donors (Lipinski definition) is 2. The van der Waals surface area contributed by atoms with Crippen LogP contribution in [0, 0.1) is 0 Å². The summed E-state index contributed by atoms with van der Waals surface area (Å²) in [5.41, 5.74) is 1.91. The summed E-state index contributed by atoms with van der Waals surface area (Å²) in [6, 6.07) is 7.05. The van der Waals surface area contributed by atoms with Crippen LogP contribution in [0.15, 0.2) is 36.9 Å². The Hall–Kier alpha value is -1.77. The Labute approximate surface area is 89.4 Å². The Balaban J connectivity index is 2.83. The van der Waals surface area contributed by atoms with E-state index >= 15 is 0 Å². The minimum atomic E-state index is -0.858. The Morgan fingerprint density at radius 3 is 2.87 bits per heavy atom. The molecule has 0 saturated carbocycles. The lowest BCUT2D eigenvalue weighted by molar-refractivity contribution is -0.137. The Morgan fingerprint density at radius 2 is 2.27 bits per heavy atom. The number of carboxylic acids is 1. The number of carboxylic acid groups (broad SMARTS) is 1. The molecule has 1 atom stereocenters. The molecule has 15 heavy (non-hydrogen) atoms. The molecule has 1 rings (SSSR count). The van der Waals surface area contributed by atoms with Crippen LogP contribution in [0.5, 0.6) is 0 Å². The molecule has 0 fully saturated rings. The summed E-state index contributed by atoms with van der Waals surface area (Å²) in [5.74, 6) is -0.858. The zero-order valence-corrected chi connectivity index (χ0v) is 8.73. The first-order valence-corrected chi connectivity index (χ1v) is 4.83. The Bertz CT molecular complexity index is 360. The smallest absolute Gasteiger partial charge is 0.325 e. The summed E-state index contributed by atoms with van der Waals surface area (Å²) in [7, 11) is 0. The summed E-state index contributed by atoms with van der Waals surface area (Å²) in [6.07, 6.45) is 2.53. The van der Waals surface area contributed by atoms with Crippen LogP contribution in [0.3, 0.4) is 0 Å². The van der Waals surface area contributed by atoms with Crippen molar-refractivity contribution in [2.45, 2.75) is 19.4 Å². The number of benzene rings is 1. The summed E-state index contributed by atoms with van der Waals surface area (Å²) in [4.78, 5) is 10.7. The highest BCUT2D eigenvalue weighted by atomic mass is 16.4. The van der Waals surface area contributed by atoms with Crippen LogP contribution < -0.4 is 5.32 Å². The van der Waals surface area contributed by atoms with Gasteiger partial charge in [-0.15, -0.1) is 6.58 Å². The molecule has 3 heteroatoms. The van der Waals surface area contributed by atoms with Crippen LogP contribution in [-0.2, 0) is 11.2 Å². The van der Waals surface area contributed by atoms with Gasteiger partial charge in [-0.3, -0.25) is 4.79 Å². The van der Waals surface area contributed by atoms with E-state index in [1.807, 2.05) is 24.3 Å². The van der Waals surface area contributed by atoms with Crippen LogP contribution in [0.2, 0.25) is 0 Å². The number of hydrogen-bond acceptors (Lipinski definition) is 2. The predicted octanol–water partition coefficient (Wildman–Crippen LogP) is 2.30. The molecule has 3 nitrogen and oxygen atoms in total. The van der Waals surface area contributed by atoms with E-state index in [2.05, 4.69) is 11.9 Å². The minimum absolute atomic E-state index is 0.587. The second kappa shape index (κ2) is 5.20. The second-order valence-corrected chi connectivity index (χ2v) is 3.35. The molecule has 0 heterocycles. The van der Waals surface area contributed by atoms with Crippen molar-refractivity contribution in [2.24, 2.45) is 0 Å². The third-order valence-corrected chi connectivity index (χ3v) is 2.12. The van der Waals surface area contributed by atoms with Gasteiger partial charge in [0.1, 0.15) is 6.04 Å². The molecule has 0 aliphatic heterocycles. The zero-order chi connectivity index (χ0) is 11.3. The van der Waals surface area contributed by atoms with E-state index in [1.54, 1.807) is 13.0 Å².